The van der Waals surface area contributed by atoms with E-state index < -0.39 is 0 Å². The van der Waals surface area contributed by atoms with Crippen LogP contribution in [0.1, 0.15) is 33.8 Å². The third-order valence-corrected chi connectivity index (χ3v) is 5.46. The predicted molar refractivity (Wildman–Crippen MR) is 86.8 cm³/mol. The monoisotopic (exact) mass is 401 g/mol. The molecular formula is C14H13Br2NOS. The summed E-state index contributed by atoms with van der Waals surface area (Å²) in [6.45, 7) is 3.96. The van der Waals surface area contributed by atoms with Crippen molar-refractivity contribution in [2.75, 3.05) is 0 Å². The van der Waals surface area contributed by atoms with Crippen LogP contribution in [0.5, 0.6) is 0 Å². The zero-order valence-electron chi connectivity index (χ0n) is 10.5. The molecule has 0 fully saturated rings. The Labute approximate surface area is 133 Å². The van der Waals surface area contributed by atoms with Crippen molar-refractivity contribution in [2.45, 2.75) is 19.9 Å². The van der Waals surface area contributed by atoms with Crippen molar-refractivity contribution < 1.29 is 4.79 Å². The molecule has 0 spiro atoms. The van der Waals surface area contributed by atoms with E-state index in [1.165, 1.54) is 11.3 Å². The maximum absolute atomic E-state index is 12.1. The summed E-state index contributed by atoms with van der Waals surface area (Å²) < 4.78 is 2.04. The zero-order chi connectivity index (χ0) is 14.0. The molecule has 2 aromatic rings. The van der Waals surface area contributed by atoms with Crippen LogP contribution in [0, 0.1) is 6.92 Å². The van der Waals surface area contributed by atoms with Gasteiger partial charge in [0.15, 0.2) is 0 Å². The molecule has 19 heavy (non-hydrogen) atoms. The second kappa shape index (κ2) is 6.20. The first-order chi connectivity index (χ1) is 8.97. The lowest BCUT2D eigenvalue weighted by Gasteiger charge is -2.13. The van der Waals surface area contributed by atoms with E-state index in [1.807, 2.05) is 44.2 Å². The highest BCUT2D eigenvalue weighted by atomic mass is 79.9. The molecule has 1 N–H and O–H groups in total. The maximum Gasteiger partial charge on any atom is 0.261 e. The van der Waals surface area contributed by atoms with E-state index in [4.69, 9.17) is 0 Å². The molecule has 2 nitrogen and oxygen atoms in total. The molecule has 0 aliphatic rings. The minimum absolute atomic E-state index is 0.0122. The molecule has 5 heteroatoms. The van der Waals surface area contributed by atoms with Crippen LogP contribution in [-0.4, -0.2) is 5.91 Å². The number of hydrogen-bond acceptors (Lipinski definition) is 2. The minimum Gasteiger partial charge on any atom is -0.345 e. The highest BCUT2D eigenvalue weighted by Gasteiger charge is 2.14. The Balaban J connectivity index is 2.08. The van der Waals surface area contributed by atoms with Gasteiger partial charge in [-0.3, -0.25) is 4.79 Å². The summed E-state index contributed by atoms with van der Waals surface area (Å²) in [4.78, 5) is 12.9. The summed E-state index contributed by atoms with van der Waals surface area (Å²) >= 11 is 8.30. The number of hydrogen-bond donors (Lipinski definition) is 1. The van der Waals surface area contributed by atoms with Crippen LogP contribution in [0.3, 0.4) is 0 Å². The topological polar surface area (TPSA) is 29.1 Å². The fraction of sp³-hybridized carbons (Fsp3) is 0.214. The van der Waals surface area contributed by atoms with Gasteiger partial charge in [0.25, 0.3) is 5.91 Å². The first-order valence-corrected chi connectivity index (χ1v) is 8.20. The molecule has 1 atom stereocenters. The van der Waals surface area contributed by atoms with E-state index in [0.717, 1.165) is 24.3 Å². The zero-order valence-corrected chi connectivity index (χ0v) is 14.5. The lowest BCUT2D eigenvalue weighted by atomic mass is 10.1. The second-order valence-corrected chi connectivity index (χ2v) is 7.60. The van der Waals surface area contributed by atoms with Crippen LogP contribution in [0.25, 0.3) is 0 Å². The number of carbonyl (C=O) groups excluding carboxylic acids is 1. The summed E-state index contributed by atoms with van der Waals surface area (Å²) in [5, 5.41) is 3.01. The van der Waals surface area contributed by atoms with Crippen molar-refractivity contribution in [3.63, 3.8) is 0 Å². The lowest BCUT2D eigenvalue weighted by Crippen LogP contribution is -2.25. The van der Waals surface area contributed by atoms with Gasteiger partial charge in [-0.05, 0) is 59.1 Å². The Morgan fingerprint density at radius 1 is 1.26 bits per heavy atom. The van der Waals surface area contributed by atoms with E-state index in [0.29, 0.717) is 0 Å². The van der Waals surface area contributed by atoms with E-state index >= 15 is 0 Å². The molecule has 0 aliphatic heterocycles. The average molecular weight is 403 g/mol. The molecule has 100 valence electrons. The average Bonchev–Trinajstić information content (AvgIpc) is 2.70. The van der Waals surface area contributed by atoms with Gasteiger partial charge >= 0.3 is 0 Å². The van der Waals surface area contributed by atoms with E-state index in [9.17, 15) is 4.79 Å². The van der Waals surface area contributed by atoms with Crippen LogP contribution in [-0.2, 0) is 0 Å². The van der Waals surface area contributed by atoms with Crippen LogP contribution in [0.15, 0.2) is 38.6 Å². The van der Waals surface area contributed by atoms with Crippen molar-refractivity contribution in [1.29, 1.82) is 0 Å². The Kier molecular flexibility index (Phi) is 4.81. The number of aryl methyl sites for hydroxylation is 1. The number of halogens is 2. The van der Waals surface area contributed by atoms with E-state index in [2.05, 4.69) is 37.2 Å². The maximum atomic E-state index is 12.1. The Morgan fingerprint density at radius 3 is 2.42 bits per heavy atom. The number of carbonyl (C=O) groups is 1. The molecular weight excluding hydrogens is 390 g/mol. The van der Waals surface area contributed by atoms with Crippen LogP contribution < -0.4 is 5.32 Å². The second-order valence-electron chi connectivity index (χ2n) is 4.31. The van der Waals surface area contributed by atoms with Crippen molar-refractivity contribution in [3.05, 3.63) is 54.6 Å². The van der Waals surface area contributed by atoms with Crippen LogP contribution in [0.2, 0.25) is 0 Å². The van der Waals surface area contributed by atoms with Crippen molar-refractivity contribution in [3.8, 4) is 0 Å². The summed E-state index contributed by atoms with van der Waals surface area (Å²) in [6, 6.07) is 9.85. The van der Waals surface area contributed by atoms with Crippen LogP contribution in [0.4, 0.5) is 0 Å². The highest BCUT2D eigenvalue weighted by Crippen LogP contribution is 2.27. The van der Waals surface area contributed by atoms with Crippen molar-refractivity contribution >= 4 is 49.1 Å². The number of amides is 1. The smallest absolute Gasteiger partial charge is 0.261 e. The van der Waals surface area contributed by atoms with E-state index in [1.54, 1.807) is 0 Å². The van der Waals surface area contributed by atoms with Gasteiger partial charge in [-0.15, -0.1) is 11.3 Å². The number of rotatable bonds is 3. The molecule has 0 radical (unpaired) electrons. The molecule has 2 rings (SSSR count). The summed E-state index contributed by atoms with van der Waals surface area (Å²) in [5.74, 6) is -0.0331. The normalized spacial score (nSPS) is 12.2. The molecule has 0 saturated heterocycles. The van der Waals surface area contributed by atoms with Gasteiger partial charge in [-0.25, -0.2) is 0 Å². The largest absolute Gasteiger partial charge is 0.345 e. The molecule has 0 saturated carbocycles. The molecule has 0 unspecified atom stereocenters. The summed E-state index contributed by atoms with van der Waals surface area (Å²) in [5.41, 5.74) is 2.18. The van der Waals surface area contributed by atoms with Gasteiger partial charge in [-0.2, -0.15) is 0 Å². The number of nitrogens with one attached hydrogen (secondary N) is 1. The third kappa shape index (κ3) is 3.68. The van der Waals surface area contributed by atoms with Gasteiger partial charge < -0.3 is 5.32 Å². The number of thiophene rings is 1. The Morgan fingerprint density at radius 2 is 1.89 bits per heavy atom. The quantitative estimate of drug-likeness (QED) is 0.762. The Bertz CT molecular complexity index is 572. The summed E-state index contributed by atoms with van der Waals surface area (Å²) in [6.07, 6.45) is 0. The van der Waals surface area contributed by atoms with Gasteiger partial charge in [-0.1, -0.05) is 28.1 Å². The number of benzene rings is 1. The molecule has 1 heterocycles. The summed E-state index contributed by atoms with van der Waals surface area (Å²) in [7, 11) is 0. The fourth-order valence-corrected chi connectivity index (χ4v) is 3.38. The predicted octanol–water partition coefficient (Wildman–Crippen LogP) is 5.07. The molecule has 1 amide bonds. The molecule has 1 aromatic carbocycles. The van der Waals surface area contributed by atoms with Gasteiger partial charge in [0.1, 0.15) is 0 Å². The van der Waals surface area contributed by atoms with Crippen molar-refractivity contribution in [1.82, 2.24) is 5.32 Å². The molecule has 1 aromatic heterocycles. The first kappa shape index (κ1) is 14.8. The van der Waals surface area contributed by atoms with Crippen LogP contribution >= 0.6 is 43.2 Å². The minimum atomic E-state index is -0.0331. The fourth-order valence-electron chi connectivity index (χ4n) is 1.67. The van der Waals surface area contributed by atoms with Gasteiger partial charge in [0, 0.05) is 4.47 Å². The van der Waals surface area contributed by atoms with Gasteiger partial charge in [0.05, 0.1) is 14.7 Å². The van der Waals surface area contributed by atoms with Gasteiger partial charge in [0.2, 0.25) is 0 Å². The lowest BCUT2D eigenvalue weighted by molar-refractivity contribution is 0.0944. The third-order valence-electron chi connectivity index (χ3n) is 2.80. The first-order valence-electron chi connectivity index (χ1n) is 5.79. The standard InChI is InChI=1S/C14H13Br2NOS/c1-8-7-12(19-13(8)16)14(18)17-9(2)10-3-5-11(15)6-4-10/h3-7,9H,1-2H3,(H,17,18)/t9-/m0/s1. The SMILES string of the molecule is Cc1cc(C(=O)N[C@@H](C)c2ccc(Br)cc2)sc1Br. The molecule has 0 aliphatic carbocycles. The highest BCUT2D eigenvalue weighted by molar-refractivity contribution is 9.11. The van der Waals surface area contributed by atoms with E-state index in [-0.39, 0.29) is 11.9 Å². The molecule has 0 bridgehead atoms. The Hall–Kier alpha value is -0.650. The van der Waals surface area contributed by atoms with Crippen molar-refractivity contribution in [2.24, 2.45) is 0 Å².